The molecule has 0 saturated heterocycles. The van der Waals surface area contributed by atoms with Crippen molar-refractivity contribution in [2.75, 3.05) is 12.3 Å². The van der Waals surface area contributed by atoms with Gasteiger partial charge in [-0.05, 0) is 30.9 Å². The highest BCUT2D eigenvalue weighted by atomic mass is 32.2. The number of hydrogen-bond acceptors (Lipinski definition) is 3. The van der Waals surface area contributed by atoms with E-state index in [9.17, 15) is 9.90 Å². The topological polar surface area (TPSA) is 49.3 Å². The van der Waals surface area contributed by atoms with E-state index in [2.05, 4.69) is 5.32 Å². The van der Waals surface area contributed by atoms with Crippen LogP contribution in [0.4, 0.5) is 0 Å². The summed E-state index contributed by atoms with van der Waals surface area (Å²) < 4.78 is 0. The van der Waals surface area contributed by atoms with Crippen LogP contribution >= 0.6 is 11.8 Å². The van der Waals surface area contributed by atoms with E-state index in [1.54, 1.807) is 0 Å². The minimum atomic E-state index is -0.381. The smallest absolute Gasteiger partial charge is 0.230 e. The van der Waals surface area contributed by atoms with Crippen LogP contribution in [0.3, 0.4) is 0 Å². The molecule has 1 amide bonds. The number of amides is 1. The first-order chi connectivity index (χ1) is 9.25. The number of hydrogen-bond donors (Lipinski definition) is 2. The van der Waals surface area contributed by atoms with Gasteiger partial charge in [0, 0.05) is 11.4 Å². The van der Waals surface area contributed by atoms with Crippen molar-refractivity contribution in [3.05, 3.63) is 30.3 Å². The fourth-order valence-electron chi connectivity index (χ4n) is 2.44. The molecule has 2 rings (SSSR count). The van der Waals surface area contributed by atoms with Crippen molar-refractivity contribution >= 4 is 17.7 Å². The van der Waals surface area contributed by atoms with Gasteiger partial charge >= 0.3 is 0 Å². The first-order valence-electron chi connectivity index (χ1n) is 6.88. The van der Waals surface area contributed by atoms with E-state index in [1.807, 2.05) is 30.3 Å². The van der Waals surface area contributed by atoms with E-state index in [1.165, 1.54) is 24.6 Å². The van der Waals surface area contributed by atoms with E-state index in [4.69, 9.17) is 0 Å². The number of carbonyl (C=O) groups excluding carboxylic acids is 1. The average Bonchev–Trinajstić information content (AvgIpc) is 2.98. The van der Waals surface area contributed by atoms with Crippen LogP contribution in [0.15, 0.2) is 35.2 Å². The zero-order chi connectivity index (χ0) is 13.5. The number of benzene rings is 1. The van der Waals surface area contributed by atoms with Gasteiger partial charge in [0.15, 0.2) is 0 Å². The molecule has 1 aliphatic carbocycles. The maximum Gasteiger partial charge on any atom is 0.230 e. The van der Waals surface area contributed by atoms with Gasteiger partial charge in [-0.1, -0.05) is 31.0 Å². The number of rotatable bonds is 6. The predicted octanol–water partition coefficient (Wildman–Crippen LogP) is 2.45. The Bertz CT molecular complexity index is 390. The molecular formula is C15H21NO2S. The first-order valence-corrected chi connectivity index (χ1v) is 7.87. The number of aliphatic hydroxyl groups excluding tert-OH is 1. The van der Waals surface area contributed by atoms with Crippen LogP contribution in [-0.2, 0) is 4.79 Å². The molecule has 1 unspecified atom stereocenters. The summed E-state index contributed by atoms with van der Waals surface area (Å²) in [5.74, 6) is 0.773. The van der Waals surface area contributed by atoms with Crippen LogP contribution in [0.1, 0.15) is 25.7 Å². The summed E-state index contributed by atoms with van der Waals surface area (Å²) in [6.07, 6.45) is 4.22. The second-order valence-corrected chi connectivity index (χ2v) is 6.07. The maximum atomic E-state index is 11.7. The normalized spacial score (nSPS) is 17.3. The van der Waals surface area contributed by atoms with E-state index in [-0.39, 0.29) is 12.0 Å². The van der Waals surface area contributed by atoms with Gasteiger partial charge in [-0.2, -0.15) is 0 Å². The number of aliphatic hydroxyl groups is 1. The van der Waals surface area contributed by atoms with E-state index < -0.39 is 0 Å². The molecule has 1 aromatic rings. The van der Waals surface area contributed by atoms with Crippen molar-refractivity contribution in [1.82, 2.24) is 5.32 Å². The Labute approximate surface area is 118 Å². The molecule has 0 heterocycles. The molecule has 1 saturated carbocycles. The molecule has 1 aromatic carbocycles. The van der Waals surface area contributed by atoms with Crippen LogP contribution in [0, 0.1) is 5.92 Å². The molecule has 0 aliphatic heterocycles. The molecule has 0 spiro atoms. The Balaban J connectivity index is 1.64. The minimum absolute atomic E-state index is 0.00843. The lowest BCUT2D eigenvalue weighted by Gasteiger charge is -2.17. The SMILES string of the molecule is O=C(CSc1ccccc1)NCC(O)C1CCCC1. The zero-order valence-electron chi connectivity index (χ0n) is 11.0. The summed E-state index contributed by atoms with van der Waals surface area (Å²) in [6.45, 7) is 0.388. The highest BCUT2D eigenvalue weighted by Gasteiger charge is 2.23. The lowest BCUT2D eigenvalue weighted by molar-refractivity contribution is -0.119. The Hall–Kier alpha value is -1.00. The predicted molar refractivity (Wildman–Crippen MR) is 78.1 cm³/mol. The second kappa shape index (κ2) is 7.56. The Kier molecular flexibility index (Phi) is 5.73. The quantitative estimate of drug-likeness (QED) is 0.786. The largest absolute Gasteiger partial charge is 0.391 e. The fourth-order valence-corrected chi connectivity index (χ4v) is 3.19. The molecule has 1 aliphatic rings. The average molecular weight is 279 g/mol. The Morgan fingerprint density at radius 3 is 2.68 bits per heavy atom. The van der Waals surface area contributed by atoms with Crippen molar-refractivity contribution in [3.8, 4) is 0 Å². The highest BCUT2D eigenvalue weighted by Crippen LogP contribution is 2.27. The van der Waals surface area contributed by atoms with Gasteiger partial charge in [0.1, 0.15) is 0 Å². The summed E-state index contributed by atoms with van der Waals surface area (Å²) >= 11 is 1.52. The molecule has 1 atom stereocenters. The van der Waals surface area contributed by atoms with Crippen LogP contribution in [0.25, 0.3) is 0 Å². The standard InChI is InChI=1S/C15H21NO2S/c17-14(12-6-4-5-7-12)10-16-15(18)11-19-13-8-2-1-3-9-13/h1-3,8-9,12,14,17H,4-7,10-11H2,(H,16,18). The number of thioether (sulfide) groups is 1. The maximum absolute atomic E-state index is 11.7. The van der Waals surface area contributed by atoms with Crippen LogP contribution in [0.5, 0.6) is 0 Å². The van der Waals surface area contributed by atoms with Crippen LogP contribution < -0.4 is 5.32 Å². The third kappa shape index (κ3) is 4.88. The molecule has 19 heavy (non-hydrogen) atoms. The summed E-state index contributed by atoms with van der Waals surface area (Å²) in [4.78, 5) is 12.8. The molecule has 2 N–H and O–H groups in total. The monoisotopic (exact) mass is 279 g/mol. The van der Waals surface area contributed by atoms with E-state index in [0.717, 1.165) is 17.7 Å². The lowest BCUT2D eigenvalue weighted by atomic mass is 10.0. The van der Waals surface area contributed by atoms with Gasteiger partial charge in [0.2, 0.25) is 5.91 Å². The van der Waals surface area contributed by atoms with Crippen molar-refractivity contribution in [2.24, 2.45) is 5.92 Å². The van der Waals surface area contributed by atoms with Crippen molar-refractivity contribution in [1.29, 1.82) is 0 Å². The van der Waals surface area contributed by atoms with Crippen LogP contribution in [-0.4, -0.2) is 29.4 Å². The summed E-state index contributed by atoms with van der Waals surface area (Å²) in [7, 11) is 0. The van der Waals surface area contributed by atoms with Gasteiger partial charge in [-0.3, -0.25) is 4.79 Å². The van der Waals surface area contributed by atoms with Gasteiger partial charge in [-0.15, -0.1) is 11.8 Å². The molecule has 0 aromatic heterocycles. The molecule has 3 nitrogen and oxygen atoms in total. The number of nitrogens with one attached hydrogen (secondary N) is 1. The Morgan fingerprint density at radius 1 is 1.32 bits per heavy atom. The van der Waals surface area contributed by atoms with Gasteiger partial charge in [0.05, 0.1) is 11.9 Å². The first kappa shape index (κ1) is 14.4. The third-order valence-electron chi connectivity index (χ3n) is 3.57. The van der Waals surface area contributed by atoms with Gasteiger partial charge < -0.3 is 10.4 Å². The van der Waals surface area contributed by atoms with Crippen molar-refractivity contribution in [2.45, 2.75) is 36.7 Å². The molecule has 0 radical (unpaired) electrons. The third-order valence-corrected chi connectivity index (χ3v) is 4.58. The number of carbonyl (C=O) groups is 1. The second-order valence-electron chi connectivity index (χ2n) is 5.02. The van der Waals surface area contributed by atoms with E-state index in [0.29, 0.717) is 18.2 Å². The highest BCUT2D eigenvalue weighted by molar-refractivity contribution is 8.00. The zero-order valence-corrected chi connectivity index (χ0v) is 11.9. The molecular weight excluding hydrogens is 258 g/mol. The van der Waals surface area contributed by atoms with Crippen LogP contribution in [0.2, 0.25) is 0 Å². The molecule has 4 heteroatoms. The van der Waals surface area contributed by atoms with Gasteiger partial charge in [-0.25, -0.2) is 0 Å². The summed E-state index contributed by atoms with van der Waals surface area (Å²) in [5.41, 5.74) is 0. The minimum Gasteiger partial charge on any atom is -0.391 e. The summed E-state index contributed by atoms with van der Waals surface area (Å²) in [6, 6.07) is 9.87. The lowest BCUT2D eigenvalue weighted by Crippen LogP contribution is -2.36. The van der Waals surface area contributed by atoms with Crippen molar-refractivity contribution in [3.63, 3.8) is 0 Å². The fraction of sp³-hybridized carbons (Fsp3) is 0.533. The molecule has 0 bridgehead atoms. The molecule has 104 valence electrons. The van der Waals surface area contributed by atoms with Crippen molar-refractivity contribution < 1.29 is 9.90 Å². The van der Waals surface area contributed by atoms with E-state index >= 15 is 0 Å². The molecule has 1 fully saturated rings. The van der Waals surface area contributed by atoms with Gasteiger partial charge in [0.25, 0.3) is 0 Å². The summed E-state index contributed by atoms with van der Waals surface area (Å²) in [5, 5.41) is 12.8. The Morgan fingerprint density at radius 2 is 2.00 bits per heavy atom.